The smallest absolute Gasteiger partial charge is 0.262 e. The Kier molecular flexibility index (Phi) is 3.00. The Hall–Kier alpha value is -0.920. The molecule has 0 unspecified atom stereocenters. The van der Waals surface area contributed by atoms with Crippen LogP contribution in [0.2, 0.25) is 0 Å². The van der Waals surface area contributed by atoms with Gasteiger partial charge in [-0.25, -0.2) is 13.4 Å². The molecule has 0 bridgehead atoms. The van der Waals surface area contributed by atoms with Gasteiger partial charge < -0.3 is 10.3 Å². The van der Waals surface area contributed by atoms with E-state index in [0.717, 1.165) is 0 Å². The van der Waals surface area contributed by atoms with Gasteiger partial charge in [-0.3, -0.25) is 0 Å². The zero-order valence-corrected chi connectivity index (χ0v) is 10.0. The highest BCUT2D eigenvalue weighted by Crippen LogP contribution is 2.23. The highest BCUT2D eigenvalue weighted by Gasteiger charge is 2.36. The van der Waals surface area contributed by atoms with E-state index < -0.39 is 10.0 Å². The lowest BCUT2D eigenvalue weighted by Crippen LogP contribution is -2.52. The normalized spacial score (nSPS) is 18.6. The van der Waals surface area contributed by atoms with Crippen LogP contribution in [0, 0.1) is 5.92 Å². The van der Waals surface area contributed by atoms with Crippen LogP contribution in [-0.2, 0) is 16.6 Å². The Morgan fingerprint density at radius 1 is 1.56 bits per heavy atom. The summed E-state index contributed by atoms with van der Waals surface area (Å²) in [6.45, 7) is 4.21. The molecule has 1 fully saturated rings. The zero-order valence-electron chi connectivity index (χ0n) is 9.20. The van der Waals surface area contributed by atoms with Gasteiger partial charge in [0.15, 0.2) is 5.03 Å². The first-order chi connectivity index (χ1) is 7.57. The summed E-state index contributed by atoms with van der Waals surface area (Å²) in [5, 5.41) is 0.129. The monoisotopic (exact) mass is 244 g/mol. The number of hydrogen-bond donors (Lipinski definition) is 1. The van der Waals surface area contributed by atoms with E-state index in [9.17, 15) is 8.42 Å². The standard InChI is InChI=1S/C9H16N4O2S/c1-2-12-6-9(11-7-12)16(14,15)13-4-8(3-10)5-13/h6-8H,2-5,10H2,1H3. The van der Waals surface area contributed by atoms with Crippen molar-refractivity contribution in [3.05, 3.63) is 12.5 Å². The second-order valence-corrected chi connectivity index (χ2v) is 5.85. The van der Waals surface area contributed by atoms with Crippen LogP contribution in [0.5, 0.6) is 0 Å². The first-order valence-electron chi connectivity index (χ1n) is 5.30. The molecular weight excluding hydrogens is 228 g/mol. The average Bonchev–Trinajstić information content (AvgIpc) is 2.64. The van der Waals surface area contributed by atoms with Crippen LogP contribution in [-0.4, -0.2) is 41.9 Å². The highest BCUT2D eigenvalue weighted by atomic mass is 32.2. The lowest BCUT2D eigenvalue weighted by molar-refractivity contribution is 0.207. The number of imidazole rings is 1. The van der Waals surface area contributed by atoms with Crippen LogP contribution in [0.25, 0.3) is 0 Å². The molecule has 2 rings (SSSR count). The largest absolute Gasteiger partial charge is 0.336 e. The molecule has 1 aromatic rings. The fourth-order valence-corrected chi connectivity index (χ4v) is 3.17. The fraction of sp³-hybridized carbons (Fsp3) is 0.667. The molecule has 90 valence electrons. The summed E-state index contributed by atoms with van der Waals surface area (Å²) in [7, 11) is -3.39. The first kappa shape index (κ1) is 11.6. The molecule has 2 heterocycles. The van der Waals surface area contributed by atoms with Gasteiger partial charge in [-0.05, 0) is 19.4 Å². The average molecular weight is 244 g/mol. The van der Waals surface area contributed by atoms with Gasteiger partial charge in [0.1, 0.15) is 0 Å². The molecule has 0 atom stereocenters. The second kappa shape index (κ2) is 4.15. The van der Waals surface area contributed by atoms with Crippen LogP contribution in [0.1, 0.15) is 6.92 Å². The second-order valence-electron chi connectivity index (χ2n) is 3.97. The quantitative estimate of drug-likeness (QED) is 0.773. The van der Waals surface area contributed by atoms with Gasteiger partial charge in [-0.15, -0.1) is 0 Å². The van der Waals surface area contributed by atoms with Gasteiger partial charge in [-0.1, -0.05) is 0 Å². The van der Waals surface area contributed by atoms with E-state index in [1.807, 2.05) is 6.92 Å². The molecule has 1 saturated heterocycles. The third kappa shape index (κ3) is 1.85. The number of nitrogens with zero attached hydrogens (tertiary/aromatic N) is 3. The predicted molar refractivity (Wildman–Crippen MR) is 59.2 cm³/mol. The lowest BCUT2D eigenvalue weighted by atomic mass is 10.0. The Bertz CT molecular complexity index is 462. The van der Waals surface area contributed by atoms with Crippen molar-refractivity contribution >= 4 is 10.0 Å². The van der Waals surface area contributed by atoms with Crippen molar-refractivity contribution in [3.63, 3.8) is 0 Å². The molecule has 6 nitrogen and oxygen atoms in total. The molecule has 0 spiro atoms. The van der Waals surface area contributed by atoms with E-state index in [-0.39, 0.29) is 5.03 Å². The molecule has 1 aliphatic heterocycles. The molecule has 2 N–H and O–H groups in total. The van der Waals surface area contributed by atoms with Crippen molar-refractivity contribution in [1.29, 1.82) is 0 Å². The summed E-state index contributed by atoms with van der Waals surface area (Å²) in [5.74, 6) is 0.294. The molecule has 0 amide bonds. The molecule has 1 aliphatic rings. The number of hydrogen-bond acceptors (Lipinski definition) is 4. The maximum atomic E-state index is 12.0. The maximum Gasteiger partial charge on any atom is 0.262 e. The number of aromatic nitrogens is 2. The summed E-state index contributed by atoms with van der Waals surface area (Å²) in [6.07, 6.45) is 3.10. The van der Waals surface area contributed by atoms with Crippen LogP contribution in [0.3, 0.4) is 0 Å². The van der Waals surface area contributed by atoms with E-state index in [1.165, 1.54) is 10.6 Å². The molecule has 7 heteroatoms. The highest BCUT2D eigenvalue weighted by molar-refractivity contribution is 7.89. The number of rotatable bonds is 4. The predicted octanol–water partition coefficient (Wildman–Crippen LogP) is -0.518. The summed E-state index contributed by atoms with van der Waals surface area (Å²) in [4.78, 5) is 3.91. The minimum Gasteiger partial charge on any atom is -0.336 e. The fourth-order valence-electron chi connectivity index (χ4n) is 1.65. The summed E-state index contributed by atoms with van der Waals surface area (Å²) >= 11 is 0. The summed E-state index contributed by atoms with van der Waals surface area (Å²) < 4.78 is 27.2. The van der Waals surface area contributed by atoms with Gasteiger partial charge in [0.2, 0.25) is 0 Å². The van der Waals surface area contributed by atoms with Gasteiger partial charge in [0.05, 0.1) is 6.33 Å². The van der Waals surface area contributed by atoms with Crippen molar-refractivity contribution in [2.45, 2.75) is 18.5 Å². The molecule has 16 heavy (non-hydrogen) atoms. The first-order valence-corrected chi connectivity index (χ1v) is 6.74. The molecule has 0 aromatic carbocycles. The van der Waals surface area contributed by atoms with Crippen molar-refractivity contribution < 1.29 is 8.42 Å². The van der Waals surface area contributed by atoms with Crippen molar-refractivity contribution in [3.8, 4) is 0 Å². The minimum absolute atomic E-state index is 0.129. The summed E-state index contributed by atoms with van der Waals surface area (Å²) in [6, 6.07) is 0. The molecular formula is C9H16N4O2S. The SMILES string of the molecule is CCn1cnc(S(=O)(=O)N2CC(CN)C2)c1. The van der Waals surface area contributed by atoms with Crippen LogP contribution in [0.4, 0.5) is 0 Å². The molecule has 0 aliphatic carbocycles. The topological polar surface area (TPSA) is 81.2 Å². The van der Waals surface area contributed by atoms with E-state index >= 15 is 0 Å². The van der Waals surface area contributed by atoms with E-state index in [1.54, 1.807) is 10.8 Å². The van der Waals surface area contributed by atoms with Crippen LogP contribution < -0.4 is 5.73 Å². The van der Waals surface area contributed by atoms with Gasteiger partial charge in [0, 0.05) is 25.8 Å². The number of nitrogens with two attached hydrogens (primary N) is 1. The molecule has 0 radical (unpaired) electrons. The van der Waals surface area contributed by atoms with Crippen molar-refractivity contribution in [2.24, 2.45) is 11.7 Å². The van der Waals surface area contributed by atoms with Gasteiger partial charge in [0.25, 0.3) is 10.0 Å². The molecule has 1 aromatic heterocycles. The number of aryl methyl sites for hydroxylation is 1. The van der Waals surface area contributed by atoms with Crippen molar-refractivity contribution in [2.75, 3.05) is 19.6 Å². The maximum absolute atomic E-state index is 12.0. The van der Waals surface area contributed by atoms with Gasteiger partial charge in [-0.2, -0.15) is 4.31 Å². The van der Waals surface area contributed by atoms with E-state index in [4.69, 9.17) is 5.73 Å². The minimum atomic E-state index is -3.39. The Labute approximate surface area is 95.1 Å². The lowest BCUT2D eigenvalue weighted by Gasteiger charge is -2.36. The zero-order chi connectivity index (χ0) is 11.8. The van der Waals surface area contributed by atoms with Crippen LogP contribution in [0.15, 0.2) is 17.6 Å². The van der Waals surface area contributed by atoms with E-state index in [0.29, 0.717) is 32.1 Å². The third-order valence-corrected chi connectivity index (χ3v) is 4.55. The van der Waals surface area contributed by atoms with Crippen LogP contribution >= 0.6 is 0 Å². The molecule has 0 saturated carbocycles. The third-order valence-electron chi connectivity index (χ3n) is 2.84. The Morgan fingerprint density at radius 2 is 2.25 bits per heavy atom. The van der Waals surface area contributed by atoms with Gasteiger partial charge >= 0.3 is 0 Å². The van der Waals surface area contributed by atoms with Crippen molar-refractivity contribution in [1.82, 2.24) is 13.9 Å². The number of sulfonamides is 1. The Balaban J connectivity index is 2.14. The Morgan fingerprint density at radius 3 is 2.75 bits per heavy atom. The van der Waals surface area contributed by atoms with E-state index in [2.05, 4.69) is 4.98 Å². The summed E-state index contributed by atoms with van der Waals surface area (Å²) in [5.41, 5.74) is 5.46.